The first-order valence-corrected chi connectivity index (χ1v) is 16.1. The van der Waals surface area contributed by atoms with Gasteiger partial charge >= 0.3 is 0 Å². The number of rotatable bonds is 11. The molecule has 14 heteroatoms. The van der Waals surface area contributed by atoms with E-state index in [1.807, 2.05) is 0 Å². The minimum absolute atomic E-state index is 0.198. The van der Waals surface area contributed by atoms with Crippen LogP contribution in [-0.2, 0) is 14.3 Å². The van der Waals surface area contributed by atoms with Gasteiger partial charge in [-0.2, -0.15) is 0 Å². The van der Waals surface area contributed by atoms with E-state index in [2.05, 4.69) is 25.5 Å². The van der Waals surface area contributed by atoms with Crippen LogP contribution in [0, 0.1) is 11.2 Å². The Morgan fingerprint density at radius 1 is 0.938 bits per heavy atom. The molecule has 2 aliphatic heterocycles. The minimum atomic E-state index is -1.24. The number of morpholine rings is 1. The van der Waals surface area contributed by atoms with Gasteiger partial charge in [0.25, 0.3) is 0 Å². The first-order chi connectivity index (χ1) is 23.4. The predicted molar refractivity (Wildman–Crippen MR) is 175 cm³/mol. The molecule has 0 spiro atoms. The lowest BCUT2D eigenvalue weighted by molar-refractivity contribution is -0.131. The van der Waals surface area contributed by atoms with Gasteiger partial charge in [0.15, 0.2) is 11.5 Å². The van der Waals surface area contributed by atoms with Crippen LogP contribution in [0.15, 0.2) is 54.9 Å². The average molecular weight is 678 g/mol. The molecular weight excluding hydrogens is 645 g/mol. The largest absolute Gasteiger partial charge is 0.489 e. The number of nitrogens with zero attached hydrogens (tertiary/aromatic N) is 3. The highest BCUT2D eigenvalue weighted by Crippen LogP contribution is 2.49. The maximum absolute atomic E-state index is 13.3. The number of halogens is 2. The molecule has 1 saturated carbocycles. The highest BCUT2D eigenvalue weighted by Gasteiger charge is 2.56. The van der Waals surface area contributed by atoms with Gasteiger partial charge in [-0.15, -0.1) is 0 Å². The van der Waals surface area contributed by atoms with E-state index in [1.54, 1.807) is 24.3 Å². The molecule has 1 aromatic heterocycles. The van der Waals surface area contributed by atoms with Gasteiger partial charge in [0.2, 0.25) is 23.4 Å². The number of nitrogens with one attached hydrogen (secondary N) is 2. The molecule has 0 radical (unpaired) electrons. The molecule has 0 unspecified atom stereocenters. The third-order valence-electron chi connectivity index (χ3n) is 8.45. The molecule has 2 N–H and O–H groups in total. The smallest absolute Gasteiger partial charge is 0.240 e. The van der Waals surface area contributed by atoms with Crippen LogP contribution < -0.4 is 29.6 Å². The van der Waals surface area contributed by atoms with Gasteiger partial charge in [0, 0.05) is 37.5 Å². The van der Waals surface area contributed by atoms with Crippen LogP contribution in [0.3, 0.4) is 0 Å². The Morgan fingerprint density at radius 3 is 2.44 bits per heavy atom. The number of carbonyl (C=O) groups excluding carboxylic acids is 2. The summed E-state index contributed by atoms with van der Waals surface area (Å²) in [6.07, 6.45) is 2.98. The first-order valence-electron chi connectivity index (χ1n) is 15.8. The lowest BCUT2D eigenvalue weighted by atomic mass is 10.0. The van der Waals surface area contributed by atoms with Crippen molar-refractivity contribution in [1.29, 1.82) is 0 Å². The second kappa shape index (κ2) is 13.8. The van der Waals surface area contributed by atoms with Crippen molar-refractivity contribution in [1.82, 2.24) is 14.9 Å². The number of fused-ring (bicyclic) bond motifs is 3. The molecule has 3 aromatic carbocycles. The zero-order valence-corrected chi connectivity index (χ0v) is 26.7. The molecule has 4 aromatic rings. The number of benzene rings is 3. The topological polar surface area (TPSA) is 133 Å². The van der Waals surface area contributed by atoms with Gasteiger partial charge in [-0.05, 0) is 55.7 Å². The van der Waals surface area contributed by atoms with E-state index in [0.717, 1.165) is 39.3 Å². The second-order valence-electron chi connectivity index (χ2n) is 11.7. The van der Waals surface area contributed by atoms with Crippen LogP contribution in [0.5, 0.6) is 28.9 Å². The highest BCUT2D eigenvalue weighted by molar-refractivity contribution is 6.34. The maximum Gasteiger partial charge on any atom is 0.240 e. The summed E-state index contributed by atoms with van der Waals surface area (Å²) in [6.45, 7) is 5.45. The number of hydrogen-bond acceptors (Lipinski definition) is 10. The Morgan fingerprint density at radius 2 is 1.69 bits per heavy atom. The van der Waals surface area contributed by atoms with Crippen LogP contribution in [0.4, 0.5) is 15.8 Å². The molecule has 48 heavy (non-hydrogen) atoms. The van der Waals surface area contributed by atoms with E-state index < -0.39 is 23.0 Å². The Kier molecular flexibility index (Phi) is 9.15. The number of ether oxygens (including phenoxy) is 5. The quantitative estimate of drug-likeness (QED) is 0.156. The monoisotopic (exact) mass is 677 g/mol. The number of hydrogen-bond donors (Lipinski definition) is 2. The summed E-state index contributed by atoms with van der Waals surface area (Å²) in [5, 5.41) is 6.17. The summed E-state index contributed by atoms with van der Waals surface area (Å²) in [4.78, 5) is 37.3. The Labute approximate surface area is 280 Å². The highest BCUT2D eigenvalue weighted by atomic mass is 35.5. The van der Waals surface area contributed by atoms with Crippen LogP contribution in [0.25, 0.3) is 10.9 Å². The van der Waals surface area contributed by atoms with Crippen molar-refractivity contribution in [3.05, 3.63) is 65.7 Å². The van der Waals surface area contributed by atoms with Gasteiger partial charge in [0.1, 0.15) is 41.9 Å². The molecule has 1 aliphatic carbocycles. The van der Waals surface area contributed by atoms with E-state index in [0.29, 0.717) is 77.9 Å². The van der Waals surface area contributed by atoms with Crippen LogP contribution in [0.2, 0.25) is 5.02 Å². The van der Waals surface area contributed by atoms with E-state index >= 15 is 0 Å². The third-order valence-corrected chi connectivity index (χ3v) is 8.76. The SMILES string of the molecule is O=C(Nc1ccc(F)cc1)C1(C(=O)Nc2ccc(Oc3ncnc4cc(OCCCN5CCOCC5)c5c(c34)OCCO5)cc2Cl)CC1. The molecule has 2 amide bonds. The molecule has 3 heterocycles. The van der Waals surface area contributed by atoms with Gasteiger partial charge < -0.3 is 34.3 Å². The van der Waals surface area contributed by atoms with E-state index in [-0.39, 0.29) is 10.9 Å². The molecular formula is C34H33ClFN5O7. The normalized spacial score (nSPS) is 16.6. The molecule has 3 aliphatic rings. The fraction of sp³-hybridized carbons (Fsp3) is 0.353. The number of carbonyl (C=O) groups is 2. The van der Waals surface area contributed by atoms with Crippen molar-refractivity contribution in [3.63, 3.8) is 0 Å². The standard InChI is InChI=1S/C34H33ClFN5O7/c35-24-18-23(6-7-25(24)40-33(43)34(8-9-34)32(42)39-22-4-2-21(36)3-5-22)48-31-28-26(37-20-38-31)19-27(29-30(28)47-17-16-46-29)45-13-1-10-41-11-14-44-15-12-41/h2-7,18-20H,1,8-17H2,(H,39,42)(H,40,43). The van der Waals surface area contributed by atoms with Crippen LogP contribution >= 0.6 is 11.6 Å². The lowest BCUT2D eigenvalue weighted by Gasteiger charge is -2.26. The van der Waals surface area contributed by atoms with Crippen molar-refractivity contribution in [2.24, 2.45) is 5.41 Å². The van der Waals surface area contributed by atoms with E-state index in [4.69, 9.17) is 35.3 Å². The Hall–Kier alpha value is -4.72. The van der Waals surface area contributed by atoms with Crippen LogP contribution in [-0.4, -0.2) is 79.4 Å². The fourth-order valence-electron chi connectivity index (χ4n) is 5.64. The van der Waals surface area contributed by atoms with Gasteiger partial charge in [-0.25, -0.2) is 14.4 Å². The van der Waals surface area contributed by atoms with Gasteiger partial charge in [-0.3, -0.25) is 14.5 Å². The molecule has 0 atom stereocenters. The Bertz CT molecular complexity index is 1830. The van der Waals surface area contributed by atoms with Gasteiger partial charge in [0.05, 0.1) is 36.0 Å². The molecule has 2 fully saturated rings. The Balaban J connectivity index is 1.04. The number of amides is 2. The third kappa shape index (κ3) is 6.80. The van der Waals surface area contributed by atoms with E-state index in [1.165, 1.54) is 30.6 Å². The summed E-state index contributed by atoms with van der Waals surface area (Å²) >= 11 is 6.56. The zero-order valence-electron chi connectivity index (χ0n) is 25.9. The summed E-state index contributed by atoms with van der Waals surface area (Å²) in [5.74, 6) is 0.636. The molecule has 1 saturated heterocycles. The van der Waals surface area contributed by atoms with Crippen molar-refractivity contribution in [2.75, 3.05) is 63.3 Å². The van der Waals surface area contributed by atoms with Crippen LogP contribution in [0.1, 0.15) is 19.3 Å². The van der Waals surface area contributed by atoms with Crippen molar-refractivity contribution >= 4 is 45.7 Å². The summed E-state index contributed by atoms with van der Waals surface area (Å²) in [7, 11) is 0. The lowest BCUT2D eigenvalue weighted by Crippen LogP contribution is -2.37. The minimum Gasteiger partial charge on any atom is -0.489 e. The average Bonchev–Trinajstić information content (AvgIpc) is 3.92. The molecule has 12 nitrogen and oxygen atoms in total. The second-order valence-corrected chi connectivity index (χ2v) is 12.1. The summed E-state index contributed by atoms with van der Waals surface area (Å²) < 4.78 is 43.0. The molecule has 7 rings (SSSR count). The number of aromatic nitrogens is 2. The zero-order chi connectivity index (χ0) is 33.1. The van der Waals surface area contributed by atoms with Crippen molar-refractivity contribution < 1.29 is 37.7 Å². The number of anilines is 2. The molecule has 250 valence electrons. The summed E-state index contributed by atoms with van der Waals surface area (Å²) in [6, 6.07) is 11.9. The first kappa shape index (κ1) is 31.9. The summed E-state index contributed by atoms with van der Waals surface area (Å²) in [5.41, 5.74) is 0.0286. The van der Waals surface area contributed by atoms with E-state index in [9.17, 15) is 14.0 Å². The maximum atomic E-state index is 13.3. The van der Waals surface area contributed by atoms with Crippen molar-refractivity contribution in [3.8, 4) is 28.9 Å². The predicted octanol–water partition coefficient (Wildman–Crippen LogP) is 5.44. The molecule has 0 bridgehead atoms. The van der Waals surface area contributed by atoms with Gasteiger partial charge in [-0.1, -0.05) is 11.6 Å². The fourth-order valence-corrected chi connectivity index (χ4v) is 5.86. The van der Waals surface area contributed by atoms with Crippen molar-refractivity contribution in [2.45, 2.75) is 19.3 Å².